The summed E-state index contributed by atoms with van der Waals surface area (Å²) >= 11 is 3.58. The summed E-state index contributed by atoms with van der Waals surface area (Å²) < 4.78 is 6.36. The van der Waals surface area contributed by atoms with Gasteiger partial charge in [-0.25, -0.2) is 0 Å². The van der Waals surface area contributed by atoms with Crippen LogP contribution in [-0.2, 0) is 6.54 Å². The zero-order valence-electron chi connectivity index (χ0n) is 10.9. The standard InChI is InChI=1S/C14H20BrNO2/c1-14(17)5-7-16(8-6-14)10-11-9-12(18-2)3-4-13(11)15/h3-4,9,17H,5-8,10H2,1-2H3. The fraction of sp³-hybridized carbons (Fsp3) is 0.571. The lowest BCUT2D eigenvalue weighted by molar-refractivity contribution is -0.00735. The minimum Gasteiger partial charge on any atom is -0.497 e. The summed E-state index contributed by atoms with van der Waals surface area (Å²) in [5, 5.41) is 9.94. The van der Waals surface area contributed by atoms with Crippen molar-refractivity contribution in [2.75, 3.05) is 20.2 Å². The van der Waals surface area contributed by atoms with Gasteiger partial charge >= 0.3 is 0 Å². The van der Waals surface area contributed by atoms with Crippen molar-refractivity contribution in [3.63, 3.8) is 0 Å². The van der Waals surface area contributed by atoms with Gasteiger partial charge in [0.15, 0.2) is 0 Å². The molecule has 1 heterocycles. The van der Waals surface area contributed by atoms with Crippen molar-refractivity contribution in [2.45, 2.75) is 31.9 Å². The number of hydrogen-bond donors (Lipinski definition) is 1. The van der Waals surface area contributed by atoms with Gasteiger partial charge in [0.2, 0.25) is 0 Å². The van der Waals surface area contributed by atoms with Gasteiger partial charge in [0.25, 0.3) is 0 Å². The molecule has 0 saturated carbocycles. The third-order valence-electron chi connectivity index (χ3n) is 3.58. The van der Waals surface area contributed by atoms with Crippen LogP contribution in [0.3, 0.4) is 0 Å². The Morgan fingerprint density at radius 1 is 1.39 bits per heavy atom. The van der Waals surface area contributed by atoms with E-state index in [1.54, 1.807) is 7.11 Å². The molecule has 1 aliphatic heterocycles. The lowest BCUT2D eigenvalue weighted by Crippen LogP contribution is -2.41. The Labute approximate surface area is 117 Å². The molecule has 0 amide bonds. The predicted octanol–water partition coefficient (Wildman–Crippen LogP) is 2.80. The van der Waals surface area contributed by atoms with E-state index in [1.807, 2.05) is 19.1 Å². The predicted molar refractivity (Wildman–Crippen MR) is 75.8 cm³/mol. The molecule has 0 unspecified atom stereocenters. The molecule has 1 aromatic carbocycles. The Morgan fingerprint density at radius 3 is 2.67 bits per heavy atom. The molecule has 3 nitrogen and oxygen atoms in total. The van der Waals surface area contributed by atoms with Gasteiger partial charge < -0.3 is 9.84 Å². The van der Waals surface area contributed by atoms with Crippen molar-refractivity contribution in [3.8, 4) is 5.75 Å². The van der Waals surface area contributed by atoms with Crippen molar-refractivity contribution in [2.24, 2.45) is 0 Å². The second kappa shape index (κ2) is 5.59. The van der Waals surface area contributed by atoms with Crippen LogP contribution in [0.15, 0.2) is 22.7 Å². The summed E-state index contributed by atoms with van der Waals surface area (Å²) in [5.74, 6) is 0.886. The number of methoxy groups -OCH3 is 1. The Bertz CT molecular complexity index is 410. The van der Waals surface area contributed by atoms with Crippen molar-refractivity contribution < 1.29 is 9.84 Å². The average molecular weight is 314 g/mol. The smallest absolute Gasteiger partial charge is 0.119 e. The third-order valence-corrected chi connectivity index (χ3v) is 4.35. The van der Waals surface area contributed by atoms with E-state index in [4.69, 9.17) is 4.74 Å². The van der Waals surface area contributed by atoms with E-state index < -0.39 is 5.60 Å². The summed E-state index contributed by atoms with van der Waals surface area (Å²) in [6.45, 7) is 4.70. The molecule has 100 valence electrons. The maximum atomic E-state index is 9.94. The van der Waals surface area contributed by atoms with E-state index in [-0.39, 0.29) is 0 Å². The molecule has 1 N–H and O–H groups in total. The third kappa shape index (κ3) is 3.46. The molecule has 0 atom stereocenters. The van der Waals surface area contributed by atoms with E-state index in [0.717, 1.165) is 42.7 Å². The molecule has 0 radical (unpaired) electrons. The first-order chi connectivity index (χ1) is 8.50. The maximum Gasteiger partial charge on any atom is 0.119 e. The molecule has 2 rings (SSSR count). The molecule has 4 heteroatoms. The minimum absolute atomic E-state index is 0.484. The highest BCUT2D eigenvalue weighted by atomic mass is 79.9. The fourth-order valence-corrected chi connectivity index (χ4v) is 2.61. The number of nitrogens with zero attached hydrogens (tertiary/aromatic N) is 1. The number of likely N-dealkylation sites (tertiary alicyclic amines) is 1. The zero-order chi connectivity index (χ0) is 13.2. The molecule has 1 aromatic rings. The van der Waals surface area contributed by atoms with Crippen LogP contribution >= 0.6 is 15.9 Å². The van der Waals surface area contributed by atoms with Gasteiger partial charge in [-0.05, 0) is 43.5 Å². The van der Waals surface area contributed by atoms with Gasteiger partial charge in [0, 0.05) is 24.1 Å². The van der Waals surface area contributed by atoms with E-state index in [2.05, 4.69) is 26.9 Å². The molecule has 1 saturated heterocycles. The second-order valence-corrected chi connectivity index (χ2v) is 6.08. The molecule has 0 bridgehead atoms. The summed E-state index contributed by atoms with van der Waals surface area (Å²) in [6.07, 6.45) is 1.68. The molecular formula is C14H20BrNO2. The first-order valence-corrected chi connectivity index (χ1v) is 7.07. The highest BCUT2D eigenvalue weighted by molar-refractivity contribution is 9.10. The van der Waals surface area contributed by atoms with Crippen molar-refractivity contribution in [3.05, 3.63) is 28.2 Å². The quantitative estimate of drug-likeness (QED) is 0.931. The normalized spacial score (nSPS) is 19.8. The van der Waals surface area contributed by atoms with Gasteiger partial charge in [0.1, 0.15) is 5.75 Å². The first kappa shape index (κ1) is 13.8. The fourth-order valence-electron chi connectivity index (χ4n) is 2.23. The number of benzene rings is 1. The number of aliphatic hydroxyl groups is 1. The lowest BCUT2D eigenvalue weighted by atomic mass is 9.93. The number of hydrogen-bond acceptors (Lipinski definition) is 3. The summed E-state index contributed by atoms with van der Waals surface area (Å²) in [6, 6.07) is 6.04. The van der Waals surface area contributed by atoms with Crippen molar-refractivity contribution in [1.82, 2.24) is 4.90 Å². The molecule has 1 fully saturated rings. The Balaban J connectivity index is 2.01. The van der Waals surface area contributed by atoms with Gasteiger partial charge in [0.05, 0.1) is 12.7 Å². The number of ether oxygens (including phenoxy) is 1. The Morgan fingerprint density at radius 2 is 2.06 bits per heavy atom. The summed E-state index contributed by atoms with van der Waals surface area (Å²) in [7, 11) is 1.69. The largest absolute Gasteiger partial charge is 0.497 e. The monoisotopic (exact) mass is 313 g/mol. The molecule has 0 aromatic heterocycles. The summed E-state index contributed by atoms with van der Waals surface area (Å²) in [4.78, 5) is 2.37. The van der Waals surface area contributed by atoms with Crippen LogP contribution in [0.25, 0.3) is 0 Å². The van der Waals surface area contributed by atoms with E-state index in [1.165, 1.54) is 5.56 Å². The van der Waals surface area contributed by atoms with Crippen LogP contribution < -0.4 is 4.74 Å². The Hall–Kier alpha value is -0.580. The van der Waals surface area contributed by atoms with Gasteiger partial charge in [-0.1, -0.05) is 15.9 Å². The summed E-state index contributed by atoms with van der Waals surface area (Å²) in [5.41, 5.74) is 0.748. The highest BCUT2D eigenvalue weighted by Crippen LogP contribution is 2.27. The van der Waals surface area contributed by atoms with Crippen LogP contribution in [0.4, 0.5) is 0 Å². The van der Waals surface area contributed by atoms with Crippen molar-refractivity contribution in [1.29, 1.82) is 0 Å². The molecule has 18 heavy (non-hydrogen) atoms. The van der Waals surface area contributed by atoms with Crippen LogP contribution in [-0.4, -0.2) is 35.8 Å². The number of halogens is 1. The topological polar surface area (TPSA) is 32.7 Å². The SMILES string of the molecule is COc1ccc(Br)c(CN2CCC(C)(O)CC2)c1. The van der Waals surface area contributed by atoms with E-state index >= 15 is 0 Å². The van der Waals surface area contributed by atoms with Crippen LogP contribution in [0.5, 0.6) is 5.75 Å². The van der Waals surface area contributed by atoms with Gasteiger partial charge in [-0.3, -0.25) is 4.90 Å². The highest BCUT2D eigenvalue weighted by Gasteiger charge is 2.27. The molecular weight excluding hydrogens is 294 g/mol. The first-order valence-electron chi connectivity index (χ1n) is 6.27. The number of piperidine rings is 1. The molecule has 1 aliphatic rings. The van der Waals surface area contributed by atoms with Crippen LogP contribution in [0.1, 0.15) is 25.3 Å². The Kier molecular flexibility index (Phi) is 4.30. The second-order valence-electron chi connectivity index (χ2n) is 5.23. The molecule has 0 aliphatic carbocycles. The van der Waals surface area contributed by atoms with Crippen LogP contribution in [0.2, 0.25) is 0 Å². The average Bonchev–Trinajstić information content (AvgIpc) is 2.34. The molecule has 0 spiro atoms. The van der Waals surface area contributed by atoms with E-state index in [0.29, 0.717) is 0 Å². The van der Waals surface area contributed by atoms with Crippen LogP contribution in [0, 0.1) is 0 Å². The minimum atomic E-state index is -0.484. The van der Waals surface area contributed by atoms with Gasteiger partial charge in [-0.15, -0.1) is 0 Å². The zero-order valence-corrected chi connectivity index (χ0v) is 12.5. The van der Waals surface area contributed by atoms with E-state index in [9.17, 15) is 5.11 Å². The maximum absolute atomic E-state index is 9.94. The van der Waals surface area contributed by atoms with Crippen molar-refractivity contribution >= 4 is 15.9 Å². The van der Waals surface area contributed by atoms with Gasteiger partial charge in [-0.2, -0.15) is 0 Å². The lowest BCUT2D eigenvalue weighted by Gasteiger charge is -2.35. The number of rotatable bonds is 3.